The first-order valence-electron chi connectivity index (χ1n) is 5.68. The maximum absolute atomic E-state index is 10.7. The van der Waals surface area contributed by atoms with E-state index < -0.39 is 4.92 Å². The van der Waals surface area contributed by atoms with E-state index in [0.717, 1.165) is 0 Å². The number of rotatable bonds is 3. The Kier molecular flexibility index (Phi) is 3.57. The SMILES string of the molecule is Cc1cc(C#N)nc(Oc2cc([N+](=O)[O-])ccc2C)n1. The van der Waals surface area contributed by atoms with Crippen molar-refractivity contribution in [2.24, 2.45) is 0 Å². The molecule has 0 spiro atoms. The molecule has 0 unspecified atom stereocenters. The minimum atomic E-state index is -0.510. The molecule has 0 bridgehead atoms. The number of nitrogens with zero attached hydrogens (tertiary/aromatic N) is 4. The summed E-state index contributed by atoms with van der Waals surface area (Å²) in [5, 5.41) is 19.6. The van der Waals surface area contributed by atoms with Crippen molar-refractivity contribution in [2.45, 2.75) is 13.8 Å². The lowest BCUT2D eigenvalue weighted by molar-refractivity contribution is -0.384. The topological polar surface area (TPSA) is 102 Å². The second kappa shape index (κ2) is 5.32. The van der Waals surface area contributed by atoms with Crippen molar-refractivity contribution in [1.82, 2.24) is 9.97 Å². The van der Waals surface area contributed by atoms with E-state index in [1.165, 1.54) is 18.2 Å². The van der Waals surface area contributed by atoms with Crippen LogP contribution in [0.4, 0.5) is 5.69 Å². The maximum atomic E-state index is 10.7. The van der Waals surface area contributed by atoms with Gasteiger partial charge in [0.1, 0.15) is 17.5 Å². The summed E-state index contributed by atoms with van der Waals surface area (Å²) >= 11 is 0. The third-order valence-electron chi connectivity index (χ3n) is 2.53. The van der Waals surface area contributed by atoms with E-state index in [-0.39, 0.29) is 23.1 Å². The third-order valence-corrected chi connectivity index (χ3v) is 2.53. The average molecular weight is 270 g/mol. The van der Waals surface area contributed by atoms with Gasteiger partial charge in [0.05, 0.1) is 11.0 Å². The molecule has 0 aliphatic carbocycles. The summed E-state index contributed by atoms with van der Waals surface area (Å²) in [6.45, 7) is 3.45. The number of nitro benzene ring substituents is 1. The number of ether oxygens (including phenoxy) is 1. The van der Waals surface area contributed by atoms with E-state index in [1.807, 2.05) is 6.07 Å². The zero-order valence-corrected chi connectivity index (χ0v) is 10.8. The first-order chi connectivity index (χ1) is 9.49. The van der Waals surface area contributed by atoms with E-state index >= 15 is 0 Å². The Morgan fingerprint density at radius 3 is 2.70 bits per heavy atom. The Labute approximate surface area is 114 Å². The van der Waals surface area contributed by atoms with Crippen molar-refractivity contribution < 1.29 is 9.66 Å². The zero-order valence-electron chi connectivity index (χ0n) is 10.8. The molecule has 0 saturated heterocycles. The molecule has 2 aromatic rings. The van der Waals surface area contributed by atoms with Crippen molar-refractivity contribution in [2.75, 3.05) is 0 Å². The van der Waals surface area contributed by atoms with Gasteiger partial charge in [-0.2, -0.15) is 10.2 Å². The highest BCUT2D eigenvalue weighted by Crippen LogP contribution is 2.27. The Balaban J connectivity index is 2.39. The number of benzene rings is 1. The van der Waals surface area contributed by atoms with Crippen LogP contribution in [0, 0.1) is 35.3 Å². The highest BCUT2D eigenvalue weighted by Gasteiger charge is 2.12. The largest absolute Gasteiger partial charge is 0.424 e. The fourth-order valence-electron chi connectivity index (χ4n) is 1.55. The van der Waals surface area contributed by atoms with E-state index in [9.17, 15) is 10.1 Å². The molecule has 0 fully saturated rings. The second-order valence-electron chi connectivity index (χ2n) is 4.10. The van der Waals surface area contributed by atoms with Crippen LogP contribution >= 0.6 is 0 Å². The molecule has 1 aromatic heterocycles. The second-order valence-corrected chi connectivity index (χ2v) is 4.10. The summed E-state index contributed by atoms with van der Waals surface area (Å²) in [6, 6.07) is 7.68. The molecule has 0 aliphatic rings. The third kappa shape index (κ3) is 2.87. The summed E-state index contributed by atoms with van der Waals surface area (Å²) in [5.74, 6) is 0.286. The van der Waals surface area contributed by atoms with Crippen LogP contribution < -0.4 is 4.74 Å². The molecule has 0 atom stereocenters. The molecule has 0 amide bonds. The predicted octanol–water partition coefficient (Wildman–Crippen LogP) is 2.67. The molecule has 1 heterocycles. The molecule has 7 nitrogen and oxygen atoms in total. The average Bonchev–Trinajstić information content (AvgIpc) is 2.40. The van der Waals surface area contributed by atoms with Gasteiger partial charge in [0.25, 0.3) is 5.69 Å². The fourth-order valence-corrected chi connectivity index (χ4v) is 1.55. The molecule has 0 radical (unpaired) electrons. The van der Waals surface area contributed by atoms with Gasteiger partial charge in [-0.05, 0) is 31.5 Å². The number of nitriles is 1. The predicted molar refractivity (Wildman–Crippen MR) is 69.4 cm³/mol. The van der Waals surface area contributed by atoms with Gasteiger partial charge in [-0.1, -0.05) is 0 Å². The highest BCUT2D eigenvalue weighted by molar-refractivity contribution is 5.44. The lowest BCUT2D eigenvalue weighted by Crippen LogP contribution is -1.98. The van der Waals surface area contributed by atoms with Crippen LogP contribution in [0.15, 0.2) is 24.3 Å². The number of nitro groups is 1. The molecule has 0 aliphatic heterocycles. The van der Waals surface area contributed by atoms with E-state index in [1.54, 1.807) is 19.9 Å². The van der Waals surface area contributed by atoms with Gasteiger partial charge in [-0.3, -0.25) is 10.1 Å². The van der Waals surface area contributed by atoms with Gasteiger partial charge < -0.3 is 4.74 Å². The number of non-ortho nitro benzene ring substituents is 1. The van der Waals surface area contributed by atoms with Crippen molar-refractivity contribution in [3.05, 3.63) is 51.3 Å². The number of hydrogen-bond acceptors (Lipinski definition) is 6. The summed E-state index contributed by atoms with van der Waals surface area (Å²) in [5.41, 5.74) is 1.38. The highest BCUT2D eigenvalue weighted by atomic mass is 16.6. The fraction of sp³-hybridized carbons (Fsp3) is 0.154. The van der Waals surface area contributed by atoms with Gasteiger partial charge in [0, 0.05) is 11.8 Å². The first-order valence-corrected chi connectivity index (χ1v) is 5.68. The Hall–Kier alpha value is -3.01. The molecule has 20 heavy (non-hydrogen) atoms. The summed E-state index contributed by atoms with van der Waals surface area (Å²) in [4.78, 5) is 18.2. The van der Waals surface area contributed by atoms with Gasteiger partial charge in [-0.25, -0.2) is 4.98 Å². The number of aryl methyl sites for hydroxylation is 2. The molecule has 100 valence electrons. The zero-order chi connectivity index (χ0) is 14.7. The monoisotopic (exact) mass is 270 g/mol. The Bertz CT molecular complexity index is 722. The molecule has 1 aromatic carbocycles. The lowest BCUT2D eigenvalue weighted by Gasteiger charge is -2.07. The van der Waals surface area contributed by atoms with Crippen LogP contribution in [0.5, 0.6) is 11.8 Å². The quantitative estimate of drug-likeness (QED) is 0.627. The minimum Gasteiger partial charge on any atom is -0.424 e. The maximum Gasteiger partial charge on any atom is 0.323 e. The lowest BCUT2D eigenvalue weighted by atomic mass is 10.2. The number of aromatic nitrogens is 2. The molecular weight excluding hydrogens is 260 g/mol. The van der Waals surface area contributed by atoms with Crippen LogP contribution in [0.1, 0.15) is 17.0 Å². The van der Waals surface area contributed by atoms with Crippen molar-refractivity contribution in [3.63, 3.8) is 0 Å². The van der Waals surface area contributed by atoms with E-state index in [4.69, 9.17) is 10.00 Å². The summed E-state index contributed by atoms with van der Waals surface area (Å²) < 4.78 is 5.45. The molecule has 0 saturated carbocycles. The first kappa shape index (κ1) is 13.4. The summed E-state index contributed by atoms with van der Waals surface area (Å²) in [7, 11) is 0. The molecule has 2 rings (SSSR count). The molecular formula is C13H10N4O3. The van der Waals surface area contributed by atoms with Gasteiger partial charge in [-0.15, -0.1) is 0 Å². The van der Waals surface area contributed by atoms with Crippen molar-refractivity contribution in [3.8, 4) is 17.8 Å². The van der Waals surface area contributed by atoms with Gasteiger partial charge in [0.2, 0.25) is 0 Å². The van der Waals surface area contributed by atoms with Crippen LogP contribution in [0.3, 0.4) is 0 Å². The van der Waals surface area contributed by atoms with Gasteiger partial charge >= 0.3 is 6.01 Å². The van der Waals surface area contributed by atoms with E-state index in [2.05, 4.69) is 9.97 Å². The van der Waals surface area contributed by atoms with Crippen molar-refractivity contribution >= 4 is 5.69 Å². The van der Waals surface area contributed by atoms with Crippen LogP contribution in [0.25, 0.3) is 0 Å². The van der Waals surface area contributed by atoms with Crippen LogP contribution in [0.2, 0.25) is 0 Å². The van der Waals surface area contributed by atoms with Gasteiger partial charge in [0.15, 0.2) is 0 Å². The Morgan fingerprint density at radius 2 is 2.05 bits per heavy atom. The van der Waals surface area contributed by atoms with Crippen molar-refractivity contribution in [1.29, 1.82) is 5.26 Å². The standard InChI is InChI=1S/C13H10N4O3/c1-8-3-4-11(17(18)19)6-12(8)20-13-15-9(2)5-10(7-14)16-13/h3-6H,1-2H3. The molecule has 0 N–H and O–H groups in total. The minimum absolute atomic E-state index is 0.00912. The van der Waals surface area contributed by atoms with Crippen LogP contribution in [-0.4, -0.2) is 14.9 Å². The van der Waals surface area contributed by atoms with E-state index in [0.29, 0.717) is 11.3 Å². The van der Waals surface area contributed by atoms with Crippen LogP contribution in [-0.2, 0) is 0 Å². The normalized spacial score (nSPS) is 9.85. The smallest absolute Gasteiger partial charge is 0.323 e. The Morgan fingerprint density at radius 1 is 1.30 bits per heavy atom. The summed E-state index contributed by atoms with van der Waals surface area (Å²) in [6.07, 6.45) is 0. The number of hydrogen-bond donors (Lipinski definition) is 0. The molecule has 7 heteroatoms.